The van der Waals surface area contributed by atoms with Crippen LogP contribution in [0.3, 0.4) is 0 Å². The number of fused-ring (bicyclic) bond motifs is 1. The maximum atomic E-state index is 13.2. The summed E-state index contributed by atoms with van der Waals surface area (Å²) in [6.07, 6.45) is 0. The Hall–Kier alpha value is -2.90. The highest BCUT2D eigenvalue weighted by Crippen LogP contribution is 2.24. The molecule has 0 saturated heterocycles. The lowest BCUT2D eigenvalue weighted by atomic mass is 10.1. The van der Waals surface area contributed by atoms with Gasteiger partial charge in [0.15, 0.2) is 0 Å². The summed E-state index contributed by atoms with van der Waals surface area (Å²) in [6.45, 7) is 1.34. The molecule has 1 aliphatic rings. The molecule has 1 aromatic heterocycles. The van der Waals surface area contributed by atoms with Crippen molar-refractivity contribution >= 4 is 17.4 Å². The summed E-state index contributed by atoms with van der Waals surface area (Å²) in [5, 5.41) is 3.81. The Labute approximate surface area is 158 Å². The number of aromatic nitrogens is 2. The molecule has 2 aromatic carbocycles. The van der Waals surface area contributed by atoms with E-state index in [0.29, 0.717) is 41.8 Å². The van der Waals surface area contributed by atoms with Crippen LogP contribution in [0.4, 0.5) is 10.2 Å². The fourth-order valence-corrected chi connectivity index (χ4v) is 3.38. The van der Waals surface area contributed by atoms with E-state index in [1.807, 2.05) is 29.2 Å². The van der Waals surface area contributed by atoms with Crippen molar-refractivity contribution < 1.29 is 4.39 Å². The molecule has 6 nitrogen and oxygen atoms in total. The Morgan fingerprint density at radius 2 is 1.81 bits per heavy atom. The van der Waals surface area contributed by atoms with Gasteiger partial charge in [0.1, 0.15) is 11.6 Å². The zero-order valence-corrected chi connectivity index (χ0v) is 15.0. The number of benzene rings is 2. The van der Waals surface area contributed by atoms with Crippen LogP contribution >= 0.6 is 11.6 Å². The maximum Gasteiger partial charge on any atom is 0.334 e. The van der Waals surface area contributed by atoms with Crippen molar-refractivity contribution in [1.82, 2.24) is 14.5 Å². The van der Waals surface area contributed by atoms with E-state index >= 15 is 0 Å². The average molecular weight is 387 g/mol. The van der Waals surface area contributed by atoms with Crippen LogP contribution in [0.5, 0.6) is 0 Å². The van der Waals surface area contributed by atoms with Crippen LogP contribution in [0.1, 0.15) is 11.1 Å². The number of hydrogen-bond acceptors (Lipinski definition) is 4. The van der Waals surface area contributed by atoms with E-state index in [-0.39, 0.29) is 0 Å². The minimum Gasteiger partial charge on any atom is -0.358 e. The second-order valence-electron chi connectivity index (χ2n) is 6.31. The van der Waals surface area contributed by atoms with E-state index in [1.165, 1.54) is 28.8 Å². The van der Waals surface area contributed by atoms with E-state index in [4.69, 9.17) is 11.6 Å². The second-order valence-corrected chi connectivity index (χ2v) is 6.72. The zero-order chi connectivity index (χ0) is 19.0. The Morgan fingerprint density at radius 1 is 1.07 bits per heavy atom. The van der Waals surface area contributed by atoms with Crippen LogP contribution in [0, 0.1) is 5.82 Å². The lowest BCUT2D eigenvalue weighted by molar-refractivity contribution is 0.263. The maximum absolute atomic E-state index is 13.2. The molecule has 0 fully saturated rings. The average Bonchev–Trinajstić information content (AvgIpc) is 2.65. The molecule has 138 valence electrons. The Kier molecular flexibility index (Phi) is 4.55. The van der Waals surface area contributed by atoms with Gasteiger partial charge >= 0.3 is 5.69 Å². The minimum atomic E-state index is -0.572. The molecule has 2 heterocycles. The van der Waals surface area contributed by atoms with Gasteiger partial charge in [-0.15, -0.1) is 0 Å². The molecule has 2 N–H and O–H groups in total. The SMILES string of the molecule is O=c1[nH]c(=O)n(-c2ccc(F)cc2)c2c1CN(Cc1ccccc1Cl)CN2. The van der Waals surface area contributed by atoms with Crippen LogP contribution in [-0.2, 0) is 13.1 Å². The normalized spacial score (nSPS) is 13.9. The summed E-state index contributed by atoms with van der Waals surface area (Å²) >= 11 is 6.22. The van der Waals surface area contributed by atoms with Gasteiger partial charge in [-0.3, -0.25) is 14.7 Å². The highest BCUT2D eigenvalue weighted by molar-refractivity contribution is 6.31. The molecule has 4 rings (SSSR count). The van der Waals surface area contributed by atoms with Gasteiger partial charge in [-0.1, -0.05) is 29.8 Å². The molecule has 0 unspecified atom stereocenters. The molecular formula is C19H16ClFN4O2. The summed E-state index contributed by atoms with van der Waals surface area (Å²) in [4.78, 5) is 29.1. The number of rotatable bonds is 3. The topological polar surface area (TPSA) is 70.1 Å². The number of nitrogens with zero attached hydrogens (tertiary/aromatic N) is 2. The smallest absolute Gasteiger partial charge is 0.334 e. The van der Waals surface area contributed by atoms with Gasteiger partial charge in [-0.25, -0.2) is 13.8 Å². The van der Waals surface area contributed by atoms with Crippen molar-refractivity contribution in [3.8, 4) is 5.69 Å². The van der Waals surface area contributed by atoms with Crippen molar-refractivity contribution in [1.29, 1.82) is 0 Å². The Morgan fingerprint density at radius 3 is 2.56 bits per heavy atom. The first-order valence-corrected chi connectivity index (χ1v) is 8.74. The van der Waals surface area contributed by atoms with E-state index in [2.05, 4.69) is 10.3 Å². The van der Waals surface area contributed by atoms with Crippen LogP contribution in [0.25, 0.3) is 5.69 Å². The fraction of sp³-hybridized carbons (Fsp3) is 0.158. The third kappa shape index (κ3) is 3.39. The third-order valence-electron chi connectivity index (χ3n) is 4.50. The van der Waals surface area contributed by atoms with Gasteiger partial charge in [0, 0.05) is 18.1 Å². The van der Waals surface area contributed by atoms with Crippen molar-refractivity contribution in [2.24, 2.45) is 0 Å². The van der Waals surface area contributed by atoms with Crippen molar-refractivity contribution in [2.45, 2.75) is 13.1 Å². The standard InChI is InChI=1S/C19H16ClFN4O2/c20-16-4-2-1-3-12(16)9-24-10-15-17(22-11-24)25(19(27)23-18(15)26)14-7-5-13(21)6-8-14/h1-8,22H,9-11H2,(H,23,26,27). The summed E-state index contributed by atoms with van der Waals surface area (Å²) in [6, 6.07) is 13.0. The molecule has 8 heteroatoms. The predicted octanol–water partition coefficient (Wildman–Crippen LogP) is 2.70. The van der Waals surface area contributed by atoms with Gasteiger partial charge in [0.05, 0.1) is 17.9 Å². The monoisotopic (exact) mass is 386 g/mol. The van der Waals surface area contributed by atoms with Crippen LogP contribution in [0.15, 0.2) is 58.1 Å². The molecule has 0 bridgehead atoms. The van der Waals surface area contributed by atoms with Gasteiger partial charge < -0.3 is 5.32 Å². The molecule has 1 aliphatic heterocycles. The predicted molar refractivity (Wildman–Crippen MR) is 102 cm³/mol. The van der Waals surface area contributed by atoms with Crippen molar-refractivity contribution in [3.63, 3.8) is 0 Å². The van der Waals surface area contributed by atoms with E-state index in [0.717, 1.165) is 5.56 Å². The lowest BCUT2D eigenvalue weighted by Crippen LogP contribution is -2.42. The molecular weight excluding hydrogens is 371 g/mol. The molecule has 0 aliphatic carbocycles. The van der Waals surface area contributed by atoms with E-state index < -0.39 is 17.1 Å². The number of halogens is 2. The number of H-pyrrole nitrogens is 1. The largest absolute Gasteiger partial charge is 0.358 e. The summed E-state index contributed by atoms with van der Waals surface area (Å²) in [5.74, 6) is 0.0229. The quantitative estimate of drug-likeness (QED) is 0.726. The summed E-state index contributed by atoms with van der Waals surface area (Å²) in [7, 11) is 0. The van der Waals surface area contributed by atoms with Crippen LogP contribution in [-0.4, -0.2) is 21.1 Å². The van der Waals surface area contributed by atoms with Crippen LogP contribution < -0.4 is 16.6 Å². The van der Waals surface area contributed by atoms with Gasteiger partial charge in [-0.05, 0) is 35.9 Å². The Bertz CT molecular complexity index is 1110. The second kappa shape index (κ2) is 7.02. The molecule has 27 heavy (non-hydrogen) atoms. The van der Waals surface area contributed by atoms with Gasteiger partial charge in [0.2, 0.25) is 0 Å². The van der Waals surface area contributed by atoms with Gasteiger partial charge in [-0.2, -0.15) is 0 Å². The number of hydrogen-bond donors (Lipinski definition) is 2. The molecule has 0 atom stereocenters. The lowest BCUT2D eigenvalue weighted by Gasteiger charge is -2.31. The first kappa shape index (κ1) is 17.5. The molecule has 3 aromatic rings. The highest BCUT2D eigenvalue weighted by Gasteiger charge is 2.23. The molecule has 0 spiro atoms. The fourth-order valence-electron chi connectivity index (χ4n) is 3.19. The van der Waals surface area contributed by atoms with Crippen LogP contribution in [0.2, 0.25) is 5.02 Å². The molecule has 0 radical (unpaired) electrons. The molecule has 0 saturated carbocycles. The number of anilines is 1. The third-order valence-corrected chi connectivity index (χ3v) is 4.86. The first-order valence-electron chi connectivity index (χ1n) is 8.37. The summed E-state index contributed by atoms with van der Waals surface area (Å²) < 4.78 is 14.6. The van der Waals surface area contributed by atoms with E-state index in [1.54, 1.807) is 0 Å². The van der Waals surface area contributed by atoms with Crippen molar-refractivity contribution in [2.75, 3.05) is 12.0 Å². The minimum absolute atomic E-state index is 0.352. The molecule has 0 amide bonds. The number of aromatic amines is 1. The number of nitrogens with one attached hydrogen (secondary N) is 2. The Balaban J connectivity index is 1.71. The van der Waals surface area contributed by atoms with Gasteiger partial charge in [0.25, 0.3) is 5.56 Å². The highest BCUT2D eigenvalue weighted by atomic mass is 35.5. The van der Waals surface area contributed by atoms with Crippen molar-refractivity contribution in [3.05, 3.63) is 91.3 Å². The van der Waals surface area contributed by atoms with E-state index in [9.17, 15) is 14.0 Å². The first-order chi connectivity index (χ1) is 13.0. The summed E-state index contributed by atoms with van der Waals surface area (Å²) in [5.41, 5.74) is 0.855. The zero-order valence-electron chi connectivity index (χ0n) is 14.2.